The summed E-state index contributed by atoms with van der Waals surface area (Å²) in [6.45, 7) is 2.02. The Morgan fingerprint density at radius 3 is 2.75 bits per heavy atom. The van der Waals surface area contributed by atoms with Crippen molar-refractivity contribution in [3.8, 4) is 0 Å². The number of imidazole rings is 1. The Bertz CT molecular complexity index is 809. The Morgan fingerprint density at radius 2 is 2.00 bits per heavy atom. The van der Waals surface area contributed by atoms with Crippen LogP contribution in [0.2, 0.25) is 0 Å². The van der Waals surface area contributed by atoms with Crippen LogP contribution in [-0.2, 0) is 11.4 Å². The third-order valence-electron chi connectivity index (χ3n) is 3.78. The lowest BCUT2D eigenvalue weighted by molar-refractivity contribution is 0.125. The van der Waals surface area contributed by atoms with Crippen LogP contribution in [0.3, 0.4) is 0 Å². The topological polar surface area (TPSA) is 42.6 Å². The highest BCUT2D eigenvalue weighted by molar-refractivity contribution is 6.03. The minimum Gasteiger partial charge on any atom is -0.394 e. The van der Waals surface area contributed by atoms with E-state index in [-0.39, 0.29) is 0 Å². The van der Waals surface area contributed by atoms with Gasteiger partial charge >= 0.3 is 0 Å². The number of nitrogens with zero attached hydrogens (tertiary/aromatic N) is 4. The van der Waals surface area contributed by atoms with E-state index in [4.69, 9.17) is 4.84 Å². The number of benzene rings is 2. The first-order valence-electron chi connectivity index (χ1n) is 8.01. The number of aromatic nitrogens is 2. The number of likely N-dealkylation sites (N-methyl/N-ethyl adjacent to an activating group) is 1. The van der Waals surface area contributed by atoms with Crippen molar-refractivity contribution >= 4 is 16.5 Å². The molecule has 0 saturated carbocycles. The van der Waals surface area contributed by atoms with E-state index in [0.29, 0.717) is 13.2 Å². The van der Waals surface area contributed by atoms with E-state index in [0.717, 1.165) is 17.8 Å². The van der Waals surface area contributed by atoms with Crippen molar-refractivity contribution in [3.63, 3.8) is 0 Å². The Hall–Kier alpha value is -2.66. The minimum absolute atomic E-state index is 0.564. The molecule has 0 radical (unpaired) electrons. The molecule has 5 nitrogen and oxygen atoms in total. The van der Waals surface area contributed by atoms with Crippen molar-refractivity contribution in [2.75, 3.05) is 27.2 Å². The zero-order chi connectivity index (χ0) is 16.8. The quantitative estimate of drug-likeness (QED) is 0.381. The Kier molecular flexibility index (Phi) is 5.23. The maximum absolute atomic E-state index is 5.53. The number of oxime groups is 1. The Morgan fingerprint density at radius 1 is 1.17 bits per heavy atom. The molecule has 0 fully saturated rings. The van der Waals surface area contributed by atoms with Gasteiger partial charge in [0.25, 0.3) is 0 Å². The molecule has 0 spiro atoms. The lowest BCUT2D eigenvalue weighted by Crippen LogP contribution is -2.18. The van der Waals surface area contributed by atoms with Crippen LogP contribution < -0.4 is 0 Å². The van der Waals surface area contributed by atoms with E-state index < -0.39 is 0 Å². The van der Waals surface area contributed by atoms with Crippen LogP contribution in [0, 0.1) is 0 Å². The molecule has 0 aliphatic carbocycles. The lowest BCUT2D eigenvalue weighted by Gasteiger charge is -2.11. The SMILES string of the molecule is CN(C)CCO/N=C(/Cn1ccnc1)c1ccc2ccccc2c1. The van der Waals surface area contributed by atoms with Crippen LogP contribution in [0.15, 0.2) is 66.3 Å². The average molecular weight is 322 g/mol. The second-order valence-electron chi connectivity index (χ2n) is 5.97. The van der Waals surface area contributed by atoms with Crippen LogP contribution in [0.4, 0.5) is 0 Å². The molecule has 1 heterocycles. The van der Waals surface area contributed by atoms with Gasteiger partial charge in [0.2, 0.25) is 0 Å². The molecule has 3 rings (SSSR count). The maximum Gasteiger partial charge on any atom is 0.129 e. The van der Waals surface area contributed by atoms with Crippen molar-refractivity contribution < 1.29 is 4.84 Å². The van der Waals surface area contributed by atoms with Crippen LogP contribution in [0.1, 0.15) is 5.56 Å². The summed E-state index contributed by atoms with van der Waals surface area (Å²) in [5.41, 5.74) is 1.95. The van der Waals surface area contributed by atoms with Crippen molar-refractivity contribution in [1.82, 2.24) is 14.5 Å². The van der Waals surface area contributed by atoms with Gasteiger partial charge in [0.15, 0.2) is 0 Å². The molecule has 3 aromatic rings. The molecule has 124 valence electrons. The van der Waals surface area contributed by atoms with E-state index in [2.05, 4.69) is 45.4 Å². The fraction of sp³-hybridized carbons (Fsp3) is 0.263. The zero-order valence-electron chi connectivity index (χ0n) is 14.1. The summed E-state index contributed by atoms with van der Waals surface area (Å²) in [5.74, 6) is 0. The molecule has 0 N–H and O–H groups in total. The minimum atomic E-state index is 0.564. The average Bonchev–Trinajstić information content (AvgIpc) is 3.10. The number of rotatable bonds is 7. The second kappa shape index (κ2) is 7.75. The third-order valence-corrected chi connectivity index (χ3v) is 3.78. The van der Waals surface area contributed by atoms with Gasteiger partial charge in [-0.25, -0.2) is 4.98 Å². The molecule has 0 atom stereocenters. The first kappa shape index (κ1) is 16.2. The molecule has 24 heavy (non-hydrogen) atoms. The first-order chi connectivity index (χ1) is 11.7. The summed E-state index contributed by atoms with van der Waals surface area (Å²) in [6, 6.07) is 14.7. The van der Waals surface area contributed by atoms with E-state index in [1.54, 1.807) is 12.5 Å². The third kappa shape index (κ3) is 4.20. The van der Waals surface area contributed by atoms with Crippen LogP contribution in [-0.4, -0.2) is 47.4 Å². The molecule has 0 aliphatic heterocycles. The molecular formula is C19H22N4O. The fourth-order valence-electron chi connectivity index (χ4n) is 2.44. The smallest absolute Gasteiger partial charge is 0.129 e. The van der Waals surface area contributed by atoms with Gasteiger partial charge in [-0.2, -0.15) is 0 Å². The highest BCUT2D eigenvalue weighted by atomic mass is 16.6. The second-order valence-corrected chi connectivity index (χ2v) is 5.97. The van der Waals surface area contributed by atoms with E-state index >= 15 is 0 Å². The number of fused-ring (bicyclic) bond motifs is 1. The largest absolute Gasteiger partial charge is 0.394 e. The van der Waals surface area contributed by atoms with Crippen LogP contribution in [0.5, 0.6) is 0 Å². The normalized spacial score (nSPS) is 12.0. The highest BCUT2D eigenvalue weighted by Gasteiger charge is 2.07. The summed E-state index contributed by atoms with van der Waals surface area (Å²) in [6.07, 6.45) is 5.48. The molecule has 0 bridgehead atoms. The Labute approximate surface area is 142 Å². The predicted molar refractivity (Wildman–Crippen MR) is 97.2 cm³/mol. The van der Waals surface area contributed by atoms with E-state index in [1.165, 1.54) is 10.8 Å². The molecule has 2 aromatic carbocycles. The monoisotopic (exact) mass is 322 g/mol. The molecule has 1 aromatic heterocycles. The summed E-state index contributed by atoms with van der Waals surface area (Å²) < 4.78 is 1.99. The Balaban J connectivity index is 1.85. The highest BCUT2D eigenvalue weighted by Crippen LogP contribution is 2.17. The van der Waals surface area contributed by atoms with Gasteiger partial charge in [0.05, 0.1) is 12.9 Å². The lowest BCUT2D eigenvalue weighted by atomic mass is 10.0. The van der Waals surface area contributed by atoms with Crippen molar-refractivity contribution in [3.05, 3.63) is 66.7 Å². The maximum atomic E-state index is 5.53. The number of hydrogen-bond acceptors (Lipinski definition) is 4. The summed E-state index contributed by atoms with van der Waals surface area (Å²) in [4.78, 5) is 11.7. The van der Waals surface area contributed by atoms with Crippen LogP contribution >= 0.6 is 0 Å². The molecule has 0 aliphatic rings. The summed E-state index contributed by atoms with van der Waals surface area (Å²) in [5, 5.41) is 6.80. The summed E-state index contributed by atoms with van der Waals surface area (Å²) >= 11 is 0. The molecule has 0 saturated heterocycles. The molecule has 0 unspecified atom stereocenters. The van der Waals surface area contributed by atoms with Gasteiger partial charge in [0.1, 0.15) is 12.3 Å². The molecule has 0 amide bonds. The standard InChI is InChI=1S/C19H22N4O/c1-22(2)11-12-24-21-19(14-23-10-9-20-15-23)18-8-7-16-5-3-4-6-17(16)13-18/h3-10,13,15H,11-12,14H2,1-2H3/b21-19-. The van der Waals surface area contributed by atoms with Crippen molar-refractivity contribution in [2.24, 2.45) is 5.16 Å². The van der Waals surface area contributed by atoms with Gasteiger partial charge < -0.3 is 14.3 Å². The summed E-state index contributed by atoms with van der Waals surface area (Å²) in [7, 11) is 4.03. The molecular weight excluding hydrogens is 300 g/mol. The first-order valence-corrected chi connectivity index (χ1v) is 8.01. The number of hydrogen-bond donors (Lipinski definition) is 0. The van der Waals surface area contributed by atoms with Gasteiger partial charge in [0, 0.05) is 24.5 Å². The van der Waals surface area contributed by atoms with Gasteiger partial charge in [-0.3, -0.25) is 0 Å². The predicted octanol–water partition coefficient (Wildman–Crippen LogP) is 3.02. The molecule has 5 heteroatoms. The van der Waals surface area contributed by atoms with Gasteiger partial charge in [-0.15, -0.1) is 0 Å². The fourth-order valence-corrected chi connectivity index (χ4v) is 2.44. The van der Waals surface area contributed by atoms with Gasteiger partial charge in [-0.05, 0) is 30.9 Å². The van der Waals surface area contributed by atoms with Crippen molar-refractivity contribution in [1.29, 1.82) is 0 Å². The van der Waals surface area contributed by atoms with Gasteiger partial charge in [-0.1, -0.05) is 41.6 Å². The van der Waals surface area contributed by atoms with E-state index in [9.17, 15) is 0 Å². The van der Waals surface area contributed by atoms with Crippen LogP contribution in [0.25, 0.3) is 10.8 Å². The zero-order valence-corrected chi connectivity index (χ0v) is 14.1. The van der Waals surface area contributed by atoms with Crippen molar-refractivity contribution in [2.45, 2.75) is 6.54 Å². The van der Waals surface area contributed by atoms with E-state index in [1.807, 2.05) is 37.0 Å².